The topological polar surface area (TPSA) is 67.4 Å². The van der Waals surface area contributed by atoms with Crippen molar-refractivity contribution in [3.63, 3.8) is 0 Å². The molecule has 1 aromatic rings. The van der Waals surface area contributed by atoms with Crippen molar-refractivity contribution in [2.75, 3.05) is 10.2 Å². The van der Waals surface area contributed by atoms with Gasteiger partial charge < -0.3 is 10.1 Å². The number of nitrogens with zero attached hydrogens (tertiary/aromatic N) is 3. The molecule has 2 heterocycles. The monoisotopic (exact) mass is 332 g/mol. The predicted molar refractivity (Wildman–Crippen MR) is 94.2 cm³/mol. The highest BCUT2D eigenvalue weighted by molar-refractivity contribution is 5.90. The summed E-state index contributed by atoms with van der Waals surface area (Å²) in [5.74, 6) is 1.84. The van der Waals surface area contributed by atoms with Crippen LogP contribution in [0.5, 0.6) is 0 Å². The van der Waals surface area contributed by atoms with Gasteiger partial charge in [0.2, 0.25) is 5.95 Å². The highest BCUT2D eigenvalue weighted by Crippen LogP contribution is 2.33. The van der Waals surface area contributed by atoms with Crippen LogP contribution in [0.4, 0.5) is 16.6 Å². The van der Waals surface area contributed by atoms with Crippen molar-refractivity contribution in [1.29, 1.82) is 0 Å². The van der Waals surface area contributed by atoms with Crippen LogP contribution in [0.25, 0.3) is 0 Å². The van der Waals surface area contributed by atoms with E-state index in [0.29, 0.717) is 23.7 Å². The quantitative estimate of drug-likeness (QED) is 0.903. The number of nitrogens with one attached hydrogen (secondary N) is 1. The molecule has 1 N–H and O–H groups in total. The fourth-order valence-corrected chi connectivity index (χ4v) is 3.63. The Kier molecular flexibility index (Phi) is 4.65. The maximum absolute atomic E-state index is 12.2. The first-order valence-corrected chi connectivity index (χ1v) is 9.00. The molecule has 0 spiro atoms. The summed E-state index contributed by atoms with van der Waals surface area (Å²) in [6.45, 7) is 8.01. The Bertz CT molecular complexity index is 598. The van der Waals surface area contributed by atoms with Crippen molar-refractivity contribution in [1.82, 2.24) is 9.97 Å². The van der Waals surface area contributed by atoms with Gasteiger partial charge in [-0.3, -0.25) is 4.90 Å². The zero-order valence-corrected chi connectivity index (χ0v) is 15.1. The standard InChI is InChI=1S/C18H28N4O2/c1-12(14-8-6-5-7-9-14)20-16-19-11-10-15(21-16)22-13(2)18(3,4)24-17(22)23/h10-14H,5-9H2,1-4H3,(H,19,20,21)/t12-,13?/m0/s1. The minimum atomic E-state index is -0.523. The zero-order chi connectivity index (χ0) is 17.3. The molecule has 24 heavy (non-hydrogen) atoms. The van der Waals surface area contributed by atoms with Crippen LogP contribution in [0, 0.1) is 5.92 Å². The van der Waals surface area contributed by atoms with Crippen LogP contribution in [0.15, 0.2) is 12.3 Å². The van der Waals surface area contributed by atoms with Crippen molar-refractivity contribution in [3.8, 4) is 0 Å². The smallest absolute Gasteiger partial charge is 0.416 e. The van der Waals surface area contributed by atoms with E-state index >= 15 is 0 Å². The van der Waals surface area contributed by atoms with Gasteiger partial charge in [0.1, 0.15) is 11.4 Å². The second kappa shape index (κ2) is 6.57. The normalized spacial score (nSPS) is 25.4. The summed E-state index contributed by atoms with van der Waals surface area (Å²) >= 11 is 0. The number of anilines is 2. The van der Waals surface area contributed by atoms with Gasteiger partial charge in [0.15, 0.2) is 0 Å². The lowest BCUT2D eigenvalue weighted by Crippen LogP contribution is -2.39. The average molecular weight is 332 g/mol. The van der Waals surface area contributed by atoms with Crippen LogP contribution in [-0.2, 0) is 4.74 Å². The summed E-state index contributed by atoms with van der Waals surface area (Å²) in [4.78, 5) is 22.7. The molecule has 1 saturated heterocycles. The molecule has 1 unspecified atom stereocenters. The van der Waals surface area contributed by atoms with Crippen LogP contribution in [0.2, 0.25) is 0 Å². The Morgan fingerprint density at radius 2 is 2.04 bits per heavy atom. The number of ether oxygens (including phenoxy) is 1. The van der Waals surface area contributed by atoms with Crippen molar-refractivity contribution >= 4 is 17.9 Å². The molecule has 3 rings (SSSR count). The number of carbonyl (C=O) groups is 1. The van der Waals surface area contributed by atoms with E-state index in [9.17, 15) is 4.79 Å². The van der Waals surface area contributed by atoms with Gasteiger partial charge in [-0.25, -0.2) is 9.78 Å². The van der Waals surface area contributed by atoms with Crippen LogP contribution in [-0.4, -0.2) is 33.7 Å². The molecule has 0 radical (unpaired) electrons. The molecular weight excluding hydrogens is 304 g/mol. The molecule has 0 bridgehead atoms. The number of hydrogen-bond donors (Lipinski definition) is 1. The molecule has 1 aliphatic carbocycles. The summed E-state index contributed by atoms with van der Waals surface area (Å²) in [5, 5.41) is 3.42. The minimum absolute atomic E-state index is 0.0801. The minimum Gasteiger partial charge on any atom is -0.441 e. The molecular formula is C18H28N4O2. The lowest BCUT2D eigenvalue weighted by Gasteiger charge is -2.28. The van der Waals surface area contributed by atoms with Gasteiger partial charge >= 0.3 is 6.09 Å². The van der Waals surface area contributed by atoms with Gasteiger partial charge in [0, 0.05) is 12.2 Å². The Hall–Kier alpha value is -1.85. The molecule has 1 saturated carbocycles. The molecule has 0 aromatic carbocycles. The molecule has 2 fully saturated rings. The van der Waals surface area contributed by atoms with E-state index in [1.54, 1.807) is 17.2 Å². The van der Waals surface area contributed by atoms with Crippen LogP contribution < -0.4 is 10.2 Å². The number of rotatable bonds is 4. The van der Waals surface area contributed by atoms with E-state index in [-0.39, 0.29) is 12.1 Å². The maximum atomic E-state index is 12.2. The molecule has 1 aromatic heterocycles. The predicted octanol–water partition coefficient (Wildman–Crippen LogP) is 3.98. The molecule has 2 atom stereocenters. The fourth-order valence-electron chi connectivity index (χ4n) is 3.63. The molecule has 1 amide bonds. The SMILES string of the molecule is CC1N(c2ccnc(N[C@@H](C)C3CCCCC3)n2)C(=O)OC1(C)C. The molecule has 6 nitrogen and oxygen atoms in total. The highest BCUT2D eigenvalue weighted by Gasteiger charge is 2.46. The first-order chi connectivity index (χ1) is 11.4. The molecule has 132 valence electrons. The van der Waals surface area contributed by atoms with E-state index in [4.69, 9.17) is 4.74 Å². The number of cyclic esters (lactones) is 1. The number of aromatic nitrogens is 2. The molecule has 2 aliphatic rings. The van der Waals surface area contributed by atoms with Gasteiger partial charge in [-0.05, 0) is 52.5 Å². The van der Waals surface area contributed by atoms with Gasteiger partial charge in [-0.1, -0.05) is 19.3 Å². The Labute approximate surface area is 144 Å². The van der Waals surface area contributed by atoms with Crippen LogP contribution in [0.3, 0.4) is 0 Å². The largest absolute Gasteiger partial charge is 0.441 e. The second-order valence-corrected chi connectivity index (χ2v) is 7.59. The van der Waals surface area contributed by atoms with E-state index in [1.165, 1.54) is 32.1 Å². The van der Waals surface area contributed by atoms with Crippen LogP contribution >= 0.6 is 0 Å². The lowest BCUT2D eigenvalue weighted by atomic mass is 9.85. The maximum Gasteiger partial charge on any atom is 0.416 e. The fraction of sp³-hybridized carbons (Fsp3) is 0.722. The Morgan fingerprint density at radius 3 is 2.67 bits per heavy atom. The Balaban J connectivity index is 1.73. The van der Waals surface area contributed by atoms with Crippen molar-refractivity contribution in [3.05, 3.63) is 12.3 Å². The first kappa shape index (κ1) is 17.0. The zero-order valence-electron chi connectivity index (χ0n) is 15.1. The first-order valence-electron chi connectivity index (χ1n) is 9.00. The van der Waals surface area contributed by atoms with Gasteiger partial charge in [-0.2, -0.15) is 4.98 Å². The van der Waals surface area contributed by atoms with Crippen LogP contribution in [0.1, 0.15) is 59.8 Å². The van der Waals surface area contributed by atoms with Gasteiger partial charge in [0.05, 0.1) is 6.04 Å². The third-order valence-corrected chi connectivity index (χ3v) is 5.54. The summed E-state index contributed by atoms with van der Waals surface area (Å²) < 4.78 is 5.45. The average Bonchev–Trinajstić information content (AvgIpc) is 2.76. The lowest BCUT2D eigenvalue weighted by molar-refractivity contribution is 0.0718. The highest BCUT2D eigenvalue weighted by atomic mass is 16.6. The number of hydrogen-bond acceptors (Lipinski definition) is 5. The summed E-state index contributed by atoms with van der Waals surface area (Å²) in [5.41, 5.74) is -0.523. The van der Waals surface area contributed by atoms with Crippen molar-refractivity contribution in [2.45, 2.75) is 77.5 Å². The third-order valence-electron chi connectivity index (χ3n) is 5.54. The molecule has 6 heteroatoms. The summed E-state index contributed by atoms with van der Waals surface area (Å²) in [7, 11) is 0. The van der Waals surface area contributed by atoms with Crippen molar-refractivity contribution in [2.24, 2.45) is 5.92 Å². The van der Waals surface area contributed by atoms with Crippen molar-refractivity contribution < 1.29 is 9.53 Å². The third kappa shape index (κ3) is 3.32. The summed E-state index contributed by atoms with van der Waals surface area (Å²) in [6.07, 6.45) is 7.84. The Morgan fingerprint density at radius 1 is 1.33 bits per heavy atom. The van der Waals surface area contributed by atoms with E-state index < -0.39 is 5.60 Å². The second-order valence-electron chi connectivity index (χ2n) is 7.59. The summed E-state index contributed by atoms with van der Waals surface area (Å²) in [6, 6.07) is 2.01. The molecule has 1 aliphatic heterocycles. The van der Waals surface area contributed by atoms with Gasteiger partial charge in [0.25, 0.3) is 0 Å². The van der Waals surface area contributed by atoms with E-state index in [1.807, 2.05) is 20.8 Å². The van der Waals surface area contributed by atoms with Gasteiger partial charge in [-0.15, -0.1) is 0 Å². The van der Waals surface area contributed by atoms with E-state index in [2.05, 4.69) is 22.2 Å². The number of amides is 1. The number of carbonyl (C=O) groups excluding carboxylic acids is 1. The van der Waals surface area contributed by atoms with E-state index in [0.717, 1.165) is 0 Å².